The second kappa shape index (κ2) is 5.76. The van der Waals surface area contributed by atoms with E-state index >= 15 is 0 Å². The third-order valence-corrected chi connectivity index (χ3v) is 4.32. The molecule has 1 aromatic carbocycles. The van der Waals surface area contributed by atoms with Crippen LogP contribution < -0.4 is 5.73 Å². The van der Waals surface area contributed by atoms with Crippen molar-refractivity contribution in [3.8, 4) is 0 Å². The number of nitrogens with one attached hydrogen (secondary N) is 1. The van der Waals surface area contributed by atoms with Crippen molar-refractivity contribution < 1.29 is 4.74 Å². The molecule has 2 rings (SSSR count). The number of nitrogens with two attached hydrogens (primary N) is 1. The SMILES string of the molecule is N=C(N)c1ccc(SCC2CCCO2)c(Cl)c1. The van der Waals surface area contributed by atoms with Crippen molar-refractivity contribution in [2.24, 2.45) is 5.73 Å². The first-order valence-corrected chi connectivity index (χ1v) is 6.91. The molecule has 1 aliphatic heterocycles. The summed E-state index contributed by atoms with van der Waals surface area (Å²) in [7, 11) is 0. The summed E-state index contributed by atoms with van der Waals surface area (Å²) in [6.07, 6.45) is 2.64. The fourth-order valence-corrected chi connectivity index (χ4v) is 3.08. The van der Waals surface area contributed by atoms with Crippen LogP contribution in [-0.4, -0.2) is 24.3 Å². The van der Waals surface area contributed by atoms with E-state index in [2.05, 4.69) is 0 Å². The lowest BCUT2D eigenvalue weighted by Crippen LogP contribution is -2.11. The highest BCUT2D eigenvalue weighted by atomic mass is 35.5. The highest BCUT2D eigenvalue weighted by Gasteiger charge is 2.16. The van der Waals surface area contributed by atoms with E-state index in [1.807, 2.05) is 12.1 Å². The molecule has 0 radical (unpaired) electrons. The standard InChI is InChI=1S/C12H15ClN2OS/c13-10-6-8(12(14)15)3-4-11(10)17-7-9-2-1-5-16-9/h3-4,6,9H,1-2,5,7H2,(H3,14,15). The second-order valence-electron chi connectivity index (χ2n) is 4.00. The topological polar surface area (TPSA) is 59.1 Å². The van der Waals surface area contributed by atoms with Gasteiger partial charge in [0.1, 0.15) is 5.84 Å². The Labute approximate surface area is 110 Å². The molecule has 17 heavy (non-hydrogen) atoms. The smallest absolute Gasteiger partial charge is 0.122 e. The Morgan fingerprint density at radius 1 is 1.59 bits per heavy atom. The quantitative estimate of drug-likeness (QED) is 0.502. The first-order valence-electron chi connectivity index (χ1n) is 5.55. The fraction of sp³-hybridized carbons (Fsp3) is 0.417. The highest BCUT2D eigenvalue weighted by molar-refractivity contribution is 7.99. The van der Waals surface area contributed by atoms with Crippen LogP contribution >= 0.6 is 23.4 Å². The number of hydrogen-bond acceptors (Lipinski definition) is 3. The van der Waals surface area contributed by atoms with E-state index in [1.54, 1.807) is 17.8 Å². The summed E-state index contributed by atoms with van der Waals surface area (Å²) in [5, 5.41) is 7.99. The molecule has 92 valence electrons. The van der Waals surface area contributed by atoms with Crippen LogP contribution in [0, 0.1) is 5.41 Å². The van der Waals surface area contributed by atoms with E-state index in [9.17, 15) is 0 Å². The van der Waals surface area contributed by atoms with Gasteiger partial charge in [-0.2, -0.15) is 0 Å². The van der Waals surface area contributed by atoms with Crippen molar-refractivity contribution in [1.29, 1.82) is 5.41 Å². The molecule has 3 nitrogen and oxygen atoms in total. The summed E-state index contributed by atoms with van der Waals surface area (Å²) in [4.78, 5) is 1.02. The van der Waals surface area contributed by atoms with Crippen LogP contribution in [0.25, 0.3) is 0 Å². The predicted octanol–water partition coefficient (Wildman–Crippen LogP) is 2.90. The van der Waals surface area contributed by atoms with Crippen molar-refractivity contribution >= 4 is 29.2 Å². The lowest BCUT2D eigenvalue weighted by molar-refractivity contribution is 0.129. The van der Waals surface area contributed by atoms with Gasteiger partial charge in [-0.3, -0.25) is 5.41 Å². The van der Waals surface area contributed by atoms with Crippen LogP contribution in [-0.2, 0) is 4.74 Å². The molecular formula is C12H15ClN2OS. The Kier molecular flexibility index (Phi) is 4.31. The number of benzene rings is 1. The average Bonchev–Trinajstić information content (AvgIpc) is 2.80. The minimum atomic E-state index is 0.0441. The van der Waals surface area contributed by atoms with Crippen LogP contribution in [0.15, 0.2) is 23.1 Å². The van der Waals surface area contributed by atoms with E-state index in [-0.39, 0.29) is 5.84 Å². The Balaban J connectivity index is 1.98. The molecule has 0 aliphatic carbocycles. The van der Waals surface area contributed by atoms with Gasteiger partial charge in [-0.15, -0.1) is 11.8 Å². The average molecular weight is 271 g/mol. The zero-order valence-corrected chi connectivity index (χ0v) is 11.0. The van der Waals surface area contributed by atoms with Crippen molar-refractivity contribution in [2.45, 2.75) is 23.8 Å². The molecule has 0 spiro atoms. The van der Waals surface area contributed by atoms with E-state index in [0.717, 1.165) is 30.1 Å². The number of nitrogen functional groups attached to an aromatic ring is 1. The Morgan fingerprint density at radius 3 is 3.00 bits per heavy atom. The Bertz CT molecular complexity index is 419. The molecule has 5 heteroatoms. The molecule has 1 fully saturated rings. The maximum absolute atomic E-state index is 7.33. The van der Waals surface area contributed by atoms with Crippen molar-refractivity contribution in [1.82, 2.24) is 0 Å². The first-order chi connectivity index (χ1) is 8.16. The lowest BCUT2D eigenvalue weighted by atomic mass is 10.2. The lowest BCUT2D eigenvalue weighted by Gasteiger charge is -2.10. The highest BCUT2D eigenvalue weighted by Crippen LogP contribution is 2.30. The van der Waals surface area contributed by atoms with Gasteiger partial charge in [0.25, 0.3) is 0 Å². The molecule has 0 bridgehead atoms. The molecule has 1 aromatic rings. The summed E-state index contributed by atoms with van der Waals surface area (Å²) in [6, 6.07) is 5.48. The number of halogens is 1. The minimum Gasteiger partial charge on any atom is -0.384 e. The number of rotatable bonds is 4. The first kappa shape index (κ1) is 12.7. The summed E-state index contributed by atoms with van der Waals surface area (Å²) < 4.78 is 5.56. The van der Waals surface area contributed by atoms with Crippen molar-refractivity contribution in [3.63, 3.8) is 0 Å². The number of hydrogen-bond donors (Lipinski definition) is 2. The Hall–Kier alpha value is -0.710. The van der Waals surface area contributed by atoms with Crippen LogP contribution in [0.4, 0.5) is 0 Å². The molecule has 1 atom stereocenters. The molecule has 1 saturated heterocycles. The van der Waals surface area contributed by atoms with Gasteiger partial charge >= 0.3 is 0 Å². The van der Waals surface area contributed by atoms with E-state index in [4.69, 9.17) is 27.5 Å². The van der Waals surface area contributed by atoms with Gasteiger partial charge in [0.2, 0.25) is 0 Å². The van der Waals surface area contributed by atoms with Crippen LogP contribution in [0.3, 0.4) is 0 Å². The van der Waals surface area contributed by atoms with Gasteiger partial charge < -0.3 is 10.5 Å². The van der Waals surface area contributed by atoms with Gasteiger partial charge in [-0.1, -0.05) is 17.7 Å². The normalized spacial score (nSPS) is 19.5. The van der Waals surface area contributed by atoms with Crippen LogP contribution in [0.5, 0.6) is 0 Å². The zero-order chi connectivity index (χ0) is 12.3. The monoisotopic (exact) mass is 270 g/mol. The number of amidine groups is 1. The van der Waals surface area contributed by atoms with E-state index in [0.29, 0.717) is 16.7 Å². The summed E-state index contributed by atoms with van der Waals surface area (Å²) in [5.74, 6) is 0.974. The Morgan fingerprint density at radius 2 is 2.41 bits per heavy atom. The van der Waals surface area contributed by atoms with E-state index < -0.39 is 0 Å². The molecule has 0 amide bonds. The summed E-state index contributed by atoms with van der Waals surface area (Å²) in [5.41, 5.74) is 6.07. The molecule has 1 heterocycles. The van der Waals surface area contributed by atoms with Gasteiger partial charge in [0.05, 0.1) is 11.1 Å². The number of ether oxygens (including phenoxy) is 1. The second-order valence-corrected chi connectivity index (χ2v) is 5.47. The molecule has 0 aromatic heterocycles. The molecule has 3 N–H and O–H groups in total. The fourth-order valence-electron chi connectivity index (χ4n) is 1.74. The molecule has 1 unspecified atom stereocenters. The number of thioether (sulfide) groups is 1. The van der Waals surface area contributed by atoms with Gasteiger partial charge in [0, 0.05) is 22.8 Å². The van der Waals surface area contributed by atoms with Crippen LogP contribution in [0.2, 0.25) is 5.02 Å². The summed E-state index contributed by atoms with van der Waals surface area (Å²) in [6.45, 7) is 0.877. The molecular weight excluding hydrogens is 256 g/mol. The maximum atomic E-state index is 7.33. The third-order valence-electron chi connectivity index (χ3n) is 2.69. The minimum absolute atomic E-state index is 0.0441. The third kappa shape index (κ3) is 3.37. The van der Waals surface area contributed by atoms with Gasteiger partial charge in [-0.05, 0) is 25.0 Å². The van der Waals surface area contributed by atoms with Gasteiger partial charge in [0.15, 0.2) is 0 Å². The van der Waals surface area contributed by atoms with Crippen LogP contribution in [0.1, 0.15) is 18.4 Å². The van der Waals surface area contributed by atoms with E-state index in [1.165, 1.54) is 0 Å². The molecule has 0 saturated carbocycles. The zero-order valence-electron chi connectivity index (χ0n) is 9.41. The summed E-state index contributed by atoms with van der Waals surface area (Å²) >= 11 is 7.84. The largest absolute Gasteiger partial charge is 0.384 e. The predicted molar refractivity (Wildman–Crippen MR) is 72.2 cm³/mol. The molecule has 1 aliphatic rings. The van der Waals surface area contributed by atoms with Crippen molar-refractivity contribution in [2.75, 3.05) is 12.4 Å². The maximum Gasteiger partial charge on any atom is 0.122 e. The van der Waals surface area contributed by atoms with Crippen molar-refractivity contribution in [3.05, 3.63) is 28.8 Å². The van der Waals surface area contributed by atoms with Gasteiger partial charge in [-0.25, -0.2) is 0 Å².